The standard InChI is InChI=1S/C43H39N5O7/c1-25-16-36(46-55-25)41(51)47-23-33(34(24-47)42(52)53)27-9-11-31(12-10-27)43(2)20-30(22-45-43)38(49)17-26-8-13-32(39(18-26)54-3)35-19-29(21-44-35)40(50)48-15-14-28-6-4-5-7-37(28)48/h4-13,16,18-22,33-34,44H,14-15,17,23-24H2,1-3H3,(H,52,53). The summed E-state index contributed by atoms with van der Waals surface area (Å²) in [5.41, 5.74) is 6.43. The first-order chi connectivity index (χ1) is 26.5. The van der Waals surface area contributed by atoms with Gasteiger partial charge >= 0.3 is 5.97 Å². The van der Waals surface area contributed by atoms with Gasteiger partial charge in [0.1, 0.15) is 17.0 Å². The van der Waals surface area contributed by atoms with E-state index < -0.39 is 23.3 Å². The normalized spacial score (nSPS) is 20.1. The van der Waals surface area contributed by atoms with Crippen LogP contribution in [0.25, 0.3) is 11.3 Å². The molecule has 3 aliphatic heterocycles. The molecule has 0 spiro atoms. The third-order valence-corrected chi connectivity index (χ3v) is 10.9. The van der Waals surface area contributed by atoms with E-state index in [1.165, 1.54) is 4.90 Å². The van der Waals surface area contributed by atoms with Crippen LogP contribution < -0.4 is 9.64 Å². The van der Waals surface area contributed by atoms with Crippen LogP contribution in [0.5, 0.6) is 5.75 Å². The first-order valence-corrected chi connectivity index (χ1v) is 18.1. The topological polar surface area (TPSA) is 158 Å². The van der Waals surface area contributed by atoms with Crippen LogP contribution in [0.15, 0.2) is 106 Å². The number of aryl methyl sites for hydroxylation is 1. The number of para-hydroxylation sites is 1. The molecular weight excluding hydrogens is 699 g/mol. The Balaban J connectivity index is 0.935. The van der Waals surface area contributed by atoms with Gasteiger partial charge in [-0.05, 0) is 72.9 Å². The predicted octanol–water partition coefficient (Wildman–Crippen LogP) is 6.17. The zero-order chi connectivity index (χ0) is 38.4. The molecule has 0 radical (unpaired) electrons. The fourth-order valence-electron chi connectivity index (χ4n) is 7.88. The average molecular weight is 738 g/mol. The van der Waals surface area contributed by atoms with Crippen molar-refractivity contribution in [1.82, 2.24) is 15.0 Å². The number of methoxy groups -OCH3 is 1. The number of carboxylic acid groups (broad SMARTS) is 1. The van der Waals surface area contributed by atoms with Crippen LogP contribution in [-0.2, 0) is 28.0 Å². The molecule has 1 fully saturated rings. The van der Waals surface area contributed by atoms with E-state index in [0.29, 0.717) is 29.2 Å². The molecule has 55 heavy (non-hydrogen) atoms. The highest BCUT2D eigenvalue weighted by atomic mass is 16.5. The van der Waals surface area contributed by atoms with Crippen molar-refractivity contribution in [2.45, 2.75) is 38.1 Å². The van der Waals surface area contributed by atoms with Gasteiger partial charge in [0, 0.05) is 73.0 Å². The smallest absolute Gasteiger partial charge is 0.308 e. The molecule has 2 amide bonds. The minimum absolute atomic E-state index is 0.0666. The van der Waals surface area contributed by atoms with Crippen molar-refractivity contribution in [1.29, 1.82) is 0 Å². The fourth-order valence-corrected chi connectivity index (χ4v) is 7.88. The van der Waals surface area contributed by atoms with Crippen molar-refractivity contribution in [3.8, 4) is 17.0 Å². The number of carbonyl (C=O) groups is 4. The maximum atomic E-state index is 13.6. The number of rotatable bonds is 10. The van der Waals surface area contributed by atoms with Crippen molar-refractivity contribution >= 4 is 35.5 Å². The number of nitrogens with zero attached hydrogens (tertiary/aromatic N) is 4. The number of H-pyrrole nitrogens is 1. The second-order valence-corrected chi connectivity index (χ2v) is 14.5. The molecule has 3 unspecified atom stereocenters. The largest absolute Gasteiger partial charge is 0.496 e. The number of aromatic nitrogens is 2. The number of carboxylic acids is 1. The number of Topliss-reactive ketones (excluding diaryl/α,β-unsaturated/α-hetero) is 1. The molecule has 3 atom stereocenters. The lowest BCUT2D eigenvalue weighted by atomic mass is 9.86. The lowest BCUT2D eigenvalue weighted by Gasteiger charge is -2.21. The SMILES string of the molecule is COc1cc(CC(=O)C2=CC(C)(c3ccc(C4CN(C(=O)c5cc(C)on5)CC4C(=O)O)cc3)N=C2)ccc1-c1cc(C(=O)N2CCc3ccccc32)c[nH]1. The van der Waals surface area contributed by atoms with E-state index in [1.54, 1.807) is 32.5 Å². The fraction of sp³-hybridized carbons (Fsp3) is 0.256. The molecule has 0 bridgehead atoms. The summed E-state index contributed by atoms with van der Waals surface area (Å²) in [4.78, 5) is 63.4. The van der Waals surface area contributed by atoms with Gasteiger partial charge in [-0.25, -0.2) is 0 Å². The van der Waals surface area contributed by atoms with Gasteiger partial charge in [-0.15, -0.1) is 0 Å². The van der Waals surface area contributed by atoms with Crippen molar-refractivity contribution in [3.05, 3.63) is 136 Å². The second kappa shape index (κ2) is 14.0. The molecule has 0 aliphatic carbocycles. The third-order valence-electron chi connectivity index (χ3n) is 10.9. The zero-order valence-corrected chi connectivity index (χ0v) is 30.6. The highest BCUT2D eigenvalue weighted by Gasteiger charge is 2.41. The van der Waals surface area contributed by atoms with E-state index in [-0.39, 0.29) is 42.8 Å². The minimum atomic E-state index is -0.971. The Labute approximate surface area is 317 Å². The molecule has 2 aromatic heterocycles. The number of ketones is 1. The molecule has 12 heteroatoms. The quantitative estimate of drug-likeness (QED) is 0.172. The predicted molar refractivity (Wildman–Crippen MR) is 205 cm³/mol. The van der Waals surface area contributed by atoms with Crippen LogP contribution in [0.2, 0.25) is 0 Å². The number of anilines is 1. The molecular formula is C43H39N5O7. The van der Waals surface area contributed by atoms with Crippen molar-refractivity contribution in [2.75, 3.05) is 31.6 Å². The van der Waals surface area contributed by atoms with Gasteiger partial charge in [-0.1, -0.05) is 53.7 Å². The Kier molecular flexibility index (Phi) is 9.04. The summed E-state index contributed by atoms with van der Waals surface area (Å²) in [5.74, 6) is -1.60. The van der Waals surface area contributed by atoms with E-state index >= 15 is 0 Å². The first kappa shape index (κ1) is 35.5. The summed E-state index contributed by atoms with van der Waals surface area (Å²) < 4.78 is 10.8. The van der Waals surface area contributed by atoms with Gasteiger partial charge in [-0.2, -0.15) is 0 Å². The van der Waals surface area contributed by atoms with Gasteiger partial charge in [-0.3, -0.25) is 24.2 Å². The van der Waals surface area contributed by atoms with Crippen LogP contribution >= 0.6 is 0 Å². The van der Waals surface area contributed by atoms with Crippen LogP contribution in [0.3, 0.4) is 0 Å². The number of carbonyl (C=O) groups excluding carboxylic acids is 3. The number of hydrogen-bond donors (Lipinski definition) is 2. The minimum Gasteiger partial charge on any atom is -0.496 e. The Morgan fingerprint density at radius 1 is 1.00 bits per heavy atom. The number of ether oxygens (including phenoxy) is 1. The number of amides is 2. The summed E-state index contributed by atoms with van der Waals surface area (Å²) in [6.07, 6.45) is 6.13. The number of aliphatic carboxylic acids is 1. The lowest BCUT2D eigenvalue weighted by molar-refractivity contribution is -0.141. The summed E-state index contributed by atoms with van der Waals surface area (Å²) in [7, 11) is 1.58. The Morgan fingerprint density at radius 3 is 2.55 bits per heavy atom. The monoisotopic (exact) mass is 737 g/mol. The molecule has 1 saturated heterocycles. The van der Waals surface area contributed by atoms with E-state index in [9.17, 15) is 24.3 Å². The number of benzene rings is 3. The second-order valence-electron chi connectivity index (χ2n) is 14.5. The highest BCUT2D eigenvalue weighted by molar-refractivity contribution is 6.15. The van der Waals surface area contributed by atoms with Crippen LogP contribution in [0.4, 0.5) is 5.69 Å². The molecule has 278 valence electrons. The number of likely N-dealkylation sites (tertiary alicyclic amines) is 1. The number of fused-ring (bicyclic) bond motifs is 1. The van der Waals surface area contributed by atoms with E-state index in [2.05, 4.69) is 16.2 Å². The van der Waals surface area contributed by atoms with Crippen molar-refractivity contribution in [3.63, 3.8) is 0 Å². The molecule has 0 saturated carbocycles. The number of aliphatic imine (C=N–C) groups is 1. The van der Waals surface area contributed by atoms with Gasteiger partial charge < -0.3 is 29.2 Å². The van der Waals surface area contributed by atoms with E-state index in [1.807, 2.05) is 84.6 Å². The number of nitrogens with one attached hydrogen (secondary N) is 1. The Bertz CT molecular complexity index is 2410. The van der Waals surface area contributed by atoms with Gasteiger partial charge in [0.25, 0.3) is 11.8 Å². The number of aromatic amines is 1. The van der Waals surface area contributed by atoms with Crippen molar-refractivity contribution in [2.24, 2.45) is 10.9 Å². The van der Waals surface area contributed by atoms with Gasteiger partial charge in [0.2, 0.25) is 0 Å². The molecule has 12 nitrogen and oxygen atoms in total. The van der Waals surface area contributed by atoms with Gasteiger partial charge in [0.15, 0.2) is 11.5 Å². The van der Waals surface area contributed by atoms with Gasteiger partial charge in [0.05, 0.1) is 18.6 Å². The summed E-state index contributed by atoms with van der Waals surface area (Å²) >= 11 is 0. The molecule has 2 N–H and O–H groups in total. The molecule has 5 aromatic rings. The number of allylic oxidation sites excluding steroid dienone is 1. The Morgan fingerprint density at radius 2 is 1.80 bits per heavy atom. The van der Waals surface area contributed by atoms with Crippen molar-refractivity contribution < 1.29 is 33.5 Å². The van der Waals surface area contributed by atoms with E-state index in [4.69, 9.17) is 14.3 Å². The zero-order valence-electron chi connectivity index (χ0n) is 30.6. The Hall–Kier alpha value is -6.56. The van der Waals surface area contributed by atoms with Crippen LogP contribution in [0.1, 0.15) is 61.7 Å². The molecule has 8 rings (SSSR count). The van der Waals surface area contributed by atoms with Crippen LogP contribution in [0, 0.1) is 12.8 Å². The third kappa shape index (κ3) is 6.64. The summed E-state index contributed by atoms with van der Waals surface area (Å²) in [6, 6.07) is 24.5. The maximum Gasteiger partial charge on any atom is 0.308 e. The summed E-state index contributed by atoms with van der Waals surface area (Å²) in [6.45, 7) is 4.56. The lowest BCUT2D eigenvalue weighted by Crippen LogP contribution is -2.30. The average Bonchev–Trinajstić information content (AvgIpc) is 4.04. The first-order valence-electron chi connectivity index (χ1n) is 18.1. The maximum absolute atomic E-state index is 13.6. The molecule has 3 aliphatic rings. The highest BCUT2D eigenvalue weighted by Crippen LogP contribution is 2.38. The summed E-state index contributed by atoms with van der Waals surface area (Å²) in [5, 5.41) is 13.8. The van der Waals surface area contributed by atoms with Crippen LogP contribution in [-0.4, -0.2) is 76.7 Å². The van der Waals surface area contributed by atoms with E-state index in [0.717, 1.165) is 45.6 Å². The molecule has 5 heterocycles. The number of hydrogen-bond acceptors (Lipinski definition) is 8. The molecule has 3 aromatic carbocycles.